The topological polar surface area (TPSA) is 52.0 Å². The zero-order valence-corrected chi connectivity index (χ0v) is 18.4. The van der Waals surface area contributed by atoms with Crippen molar-refractivity contribution in [1.29, 1.82) is 0 Å². The van der Waals surface area contributed by atoms with Crippen LogP contribution in [0.4, 0.5) is 11.4 Å². The van der Waals surface area contributed by atoms with Crippen molar-refractivity contribution in [3.05, 3.63) is 144 Å². The first-order chi connectivity index (χ1) is 16.2. The first-order valence-corrected chi connectivity index (χ1v) is 11.2. The lowest BCUT2D eigenvalue weighted by molar-refractivity contribution is 0.979. The minimum Gasteiger partial charge on any atom is -0.398 e. The van der Waals surface area contributed by atoms with Crippen LogP contribution in [0.5, 0.6) is 0 Å². The van der Waals surface area contributed by atoms with Gasteiger partial charge in [0.1, 0.15) is 0 Å². The van der Waals surface area contributed by atoms with Gasteiger partial charge in [-0.15, -0.1) is 0 Å². The first-order valence-electron chi connectivity index (χ1n) is 11.2. The highest BCUT2D eigenvalue weighted by molar-refractivity contribution is 5.79. The van der Waals surface area contributed by atoms with E-state index in [2.05, 4.69) is 78.9 Å². The standard InChI is InChI=1S/C31H26N2/c32-29-18-16-25(20-27(29)22-10-4-1-5-11-22)31(24-14-8-3-9-15-24)26-17-19-30(33)28(21-26)23-12-6-2-7-13-23/h1-21,31H,32-33H2. The smallest absolute Gasteiger partial charge is 0.0393 e. The summed E-state index contributed by atoms with van der Waals surface area (Å²) in [7, 11) is 0. The lowest BCUT2D eigenvalue weighted by Crippen LogP contribution is -2.05. The molecule has 0 radical (unpaired) electrons. The van der Waals surface area contributed by atoms with Crippen LogP contribution in [-0.2, 0) is 0 Å². The van der Waals surface area contributed by atoms with E-state index in [0.717, 1.165) is 33.6 Å². The monoisotopic (exact) mass is 426 g/mol. The van der Waals surface area contributed by atoms with Crippen molar-refractivity contribution in [1.82, 2.24) is 0 Å². The van der Waals surface area contributed by atoms with Crippen LogP contribution in [0, 0.1) is 0 Å². The van der Waals surface area contributed by atoms with E-state index in [1.54, 1.807) is 0 Å². The molecule has 0 heterocycles. The maximum atomic E-state index is 6.40. The number of hydrogen-bond donors (Lipinski definition) is 2. The summed E-state index contributed by atoms with van der Waals surface area (Å²) in [5, 5.41) is 0. The minimum atomic E-state index is 0.0531. The second-order valence-electron chi connectivity index (χ2n) is 8.27. The normalized spacial score (nSPS) is 10.9. The molecular formula is C31H26N2. The van der Waals surface area contributed by atoms with Crippen molar-refractivity contribution in [3.8, 4) is 22.3 Å². The van der Waals surface area contributed by atoms with E-state index in [-0.39, 0.29) is 5.92 Å². The van der Waals surface area contributed by atoms with Gasteiger partial charge in [0.25, 0.3) is 0 Å². The van der Waals surface area contributed by atoms with Gasteiger partial charge in [-0.3, -0.25) is 0 Å². The average Bonchev–Trinajstić information content (AvgIpc) is 2.88. The molecule has 0 aliphatic rings. The van der Waals surface area contributed by atoms with Gasteiger partial charge < -0.3 is 11.5 Å². The fourth-order valence-electron chi connectivity index (χ4n) is 4.47. The summed E-state index contributed by atoms with van der Waals surface area (Å²) in [6.07, 6.45) is 0. The Morgan fingerprint density at radius 2 is 0.788 bits per heavy atom. The highest BCUT2D eigenvalue weighted by Gasteiger charge is 2.19. The SMILES string of the molecule is Nc1ccc(C(c2ccccc2)c2ccc(N)c(-c3ccccc3)c2)cc1-c1ccccc1. The molecule has 2 heteroatoms. The van der Waals surface area contributed by atoms with Crippen LogP contribution in [0.3, 0.4) is 0 Å². The Hall–Kier alpha value is -4.30. The lowest BCUT2D eigenvalue weighted by Gasteiger charge is -2.22. The van der Waals surface area contributed by atoms with Crippen molar-refractivity contribution in [2.75, 3.05) is 11.5 Å². The molecule has 33 heavy (non-hydrogen) atoms. The van der Waals surface area contributed by atoms with E-state index in [1.165, 1.54) is 16.7 Å². The predicted octanol–water partition coefficient (Wildman–Crippen LogP) is 7.37. The molecule has 0 atom stereocenters. The Morgan fingerprint density at radius 1 is 0.394 bits per heavy atom. The van der Waals surface area contributed by atoms with Gasteiger partial charge in [-0.25, -0.2) is 0 Å². The maximum absolute atomic E-state index is 6.40. The molecule has 0 spiro atoms. The van der Waals surface area contributed by atoms with Gasteiger partial charge in [-0.2, -0.15) is 0 Å². The third-order valence-corrected chi connectivity index (χ3v) is 6.12. The van der Waals surface area contributed by atoms with Gasteiger partial charge in [-0.1, -0.05) is 103 Å². The van der Waals surface area contributed by atoms with Crippen LogP contribution in [0.25, 0.3) is 22.3 Å². The molecule has 0 aliphatic heterocycles. The molecule has 0 aromatic heterocycles. The van der Waals surface area contributed by atoms with Gasteiger partial charge in [0.15, 0.2) is 0 Å². The third-order valence-electron chi connectivity index (χ3n) is 6.12. The quantitative estimate of drug-likeness (QED) is 0.228. The van der Waals surface area contributed by atoms with Crippen LogP contribution in [-0.4, -0.2) is 0 Å². The van der Waals surface area contributed by atoms with Gasteiger partial charge in [0.2, 0.25) is 0 Å². The summed E-state index contributed by atoms with van der Waals surface area (Å²) in [6.45, 7) is 0. The molecule has 160 valence electrons. The number of anilines is 2. The number of nitrogen functional groups attached to an aromatic ring is 2. The van der Waals surface area contributed by atoms with Crippen LogP contribution >= 0.6 is 0 Å². The van der Waals surface area contributed by atoms with Gasteiger partial charge in [0, 0.05) is 28.4 Å². The molecule has 0 saturated heterocycles. The van der Waals surface area contributed by atoms with E-state index < -0.39 is 0 Å². The molecule has 5 rings (SSSR count). The predicted molar refractivity (Wildman–Crippen MR) is 140 cm³/mol. The zero-order valence-electron chi connectivity index (χ0n) is 18.4. The maximum Gasteiger partial charge on any atom is 0.0393 e. The van der Waals surface area contributed by atoms with E-state index in [1.807, 2.05) is 48.5 Å². The second kappa shape index (κ2) is 9.05. The Bertz CT molecular complexity index is 1270. The van der Waals surface area contributed by atoms with Gasteiger partial charge in [-0.05, 0) is 52.1 Å². The lowest BCUT2D eigenvalue weighted by atomic mass is 9.82. The van der Waals surface area contributed by atoms with E-state index in [0.29, 0.717) is 0 Å². The molecule has 0 amide bonds. The van der Waals surface area contributed by atoms with E-state index in [9.17, 15) is 0 Å². The Morgan fingerprint density at radius 3 is 1.21 bits per heavy atom. The first kappa shape index (κ1) is 20.6. The Balaban J connectivity index is 1.68. The van der Waals surface area contributed by atoms with E-state index >= 15 is 0 Å². The van der Waals surface area contributed by atoms with Crippen LogP contribution in [0.2, 0.25) is 0 Å². The molecule has 0 saturated carbocycles. The Labute approximate surface area is 195 Å². The number of hydrogen-bond acceptors (Lipinski definition) is 2. The zero-order chi connectivity index (χ0) is 22.6. The van der Waals surface area contributed by atoms with Crippen molar-refractivity contribution in [3.63, 3.8) is 0 Å². The van der Waals surface area contributed by atoms with Crippen molar-refractivity contribution in [2.24, 2.45) is 0 Å². The number of nitrogens with two attached hydrogens (primary N) is 2. The second-order valence-corrected chi connectivity index (χ2v) is 8.27. The summed E-state index contributed by atoms with van der Waals surface area (Å²) < 4.78 is 0. The fraction of sp³-hybridized carbons (Fsp3) is 0.0323. The van der Waals surface area contributed by atoms with E-state index in [4.69, 9.17) is 11.5 Å². The summed E-state index contributed by atoms with van der Waals surface area (Å²) >= 11 is 0. The van der Waals surface area contributed by atoms with Gasteiger partial charge in [0.05, 0.1) is 0 Å². The molecule has 5 aromatic carbocycles. The number of rotatable bonds is 5. The van der Waals surface area contributed by atoms with Crippen LogP contribution in [0.15, 0.2) is 127 Å². The average molecular weight is 427 g/mol. The summed E-state index contributed by atoms with van der Waals surface area (Å²) in [4.78, 5) is 0. The molecule has 0 bridgehead atoms. The molecule has 4 N–H and O–H groups in total. The molecule has 0 aliphatic carbocycles. The third kappa shape index (κ3) is 4.24. The number of benzene rings is 5. The fourth-order valence-corrected chi connectivity index (χ4v) is 4.47. The molecule has 2 nitrogen and oxygen atoms in total. The molecule has 5 aromatic rings. The van der Waals surface area contributed by atoms with Crippen molar-refractivity contribution in [2.45, 2.75) is 5.92 Å². The summed E-state index contributed by atoms with van der Waals surface area (Å²) in [6, 6.07) is 44.0. The van der Waals surface area contributed by atoms with Crippen LogP contribution in [0.1, 0.15) is 22.6 Å². The van der Waals surface area contributed by atoms with Gasteiger partial charge >= 0.3 is 0 Å². The van der Waals surface area contributed by atoms with Crippen molar-refractivity contribution < 1.29 is 0 Å². The van der Waals surface area contributed by atoms with Crippen molar-refractivity contribution >= 4 is 11.4 Å². The summed E-state index contributed by atoms with van der Waals surface area (Å²) in [5.41, 5.74) is 22.3. The molecule has 0 fully saturated rings. The highest BCUT2D eigenvalue weighted by atomic mass is 14.6. The largest absolute Gasteiger partial charge is 0.398 e. The Kier molecular flexibility index (Phi) is 5.65. The molecule has 0 unspecified atom stereocenters. The minimum absolute atomic E-state index is 0.0531. The molecular weight excluding hydrogens is 400 g/mol. The summed E-state index contributed by atoms with van der Waals surface area (Å²) in [5.74, 6) is 0.0531. The van der Waals surface area contributed by atoms with Crippen LogP contribution < -0.4 is 11.5 Å². The highest BCUT2D eigenvalue weighted by Crippen LogP contribution is 2.38.